The first-order valence-electron chi connectivity index (χ1n) is 3.85. The van der Waals surface area contributed by atoms with E-state index in [1.807, 2.05) is 7.05 Å². The highest BCUT2D eigenvalue weighted by atomic mass is 16.3. The molecule has 3 heteroatoms. The van der Waals surface area contributed by atoms with Crippen LogP contribution in [0.2, 0.25) is 0 Å². The van der Waals surface area contributed by atoms with Gasteiger partial charge in [-0.15, -0.1) is 0 Å². The summed E-state index contributed by atoms with van der Waals surface area (Å²) in [4.78, 5) is 2.24. The fourth-order valence-electron chi connectivity index (χ4n) is 1.41. The number of hydrogen-bond donors (Lipinski definition) is 2. The van der Waals surface area contributed by atoms with Crippen LogP contribution in [0.5, 0.6) is 0 Å². The van der Waals surface area contributed by atoms with Gasteiger partial charge in [-0.1, -0.05) is 6.92 Å². The second-order valence-corrected chi connectivity index (χ2v) is 2.81. The van der Waals surface area contributed by atoms with Crippen molar-refractivity contribution in [1.82, 2.24) is 10.2 Å². The summed E-state index contributed by atoms with van der Waals surface area (Å²) in [6, 6.07) is 0.278. The van der Waals surface area contributed by atoms with Gasteiger partial charge in [0.15, 0.2) is 0 Å². The van der Waals surface area contributed by atoms with Gasteiger partial charge in [-0.05, 0) is 13.6 Å². The van der Waals surface area contributed by atoms with Crippen molar-refractivity contribution < 1.29 is 5.11 Å². The van der Waals surface area contributed by atoms with Crippen LogP contribution in [0.1, 0.15) is 6.92 Å². The van der Waals surface area contributed by atoms with Crippen LogP contribution < -0.4 is 5.32 Å². The molecule has 1 fully saturated rings. The van der Waals surface area contributed by atoms with Gasteiger partial charge in [0, 0.05) is 19.1 Å². The Morgan fingerprint density at radius 2 is 2.30 bits per heavy atom. The summed E-state index contributed by atoms with van der Waals surface area (Å²) in [5.41, 5.74) is 0. The number of aliphatic hydroxyl groups excluding tert-OH is 1. The lowest BCUT2D eigenvalue weighted by Crippen LogP contribution is -2.36. The van der Waals surface area contributed by atoms with Crippen molar-refractivity contribution in [2.45, 2.75) is 19.1 Å². The summed E-state index contributed by atoms with van der Waals surface area (Å²) in [5.74, 6) is 0. The summed E-state index contributed by atoms with van der Waals surface area (Å²) >= 11 is 0. The second kappa shape index (κ2) is 3.32. The quantitative estimate of drug-likeness (QED) is 0.536. The molecule has 0 aromatic carbocycles. The fraction of sp³-hybridized carbons (Fsp3) is 1.00. The Labute approximate surface area is 62.0 Å². The first-order chi connectivity index (χ1) is 4.77. The van der Waals surface area contributed by atoms with Gasteiger partial charge in [-0.3, -0.25) is 4.90 Å². The molecule has 60 valence electrons. The van der Waals surface area contributed by atoms with Gasteiger partial charge in [-0.2, -0.15) is 0 Å². The molecular weight excluding hydrogens is 128 g/mol. The van der Waals surface area contributed by atoms with E-state index in [1.54, 1.807) is 0 Å². The van der Waals surface area contributed by atoms with Crippen molar-refractivity contribution in [3.05, 3.63) is 0 Å². The molecule has 2 N–H and O–H groups in total. The monoisotopic (exact) mass is 144 g/mol. The minimum absolute atomic E-state index is 0.176. The summed E-state index contributed by atoms with van der Waals surface area (Å²) in [6.07, 6.45) is -0.176. The van der Waals surface area contributed by atoms with E-state index in [-0.39, 0.29) is 12.1 Å². The number of β-amino-alcohol motifs (C(OH)–C–C–N with tert-alkyl or cyclic N) is 1. The van der Waals surface area contributed by atoms with Crippen LogP contribution in [-0.4, -0.2) is 48.8 Å². The number of likely N-dealkylation sites (N-methyl/N-ethyl adjacent to an activating group) is 2. The van der Waals surface area contributed by atoms with Crippen molar-refractivity contribution in [2.24, 2.45) is 0 Å². The van der Waals surface area contributed by atoms with Crippen LogP contribution in [0.3, 0.4) is 0 Å². The molecule has 0 radical (unpaired) electrons. The zero-order valence-electron chi connectivity index (χ0n) is 6.67. The SMILES string of the molecule is CCN1CC(O)C(NC)C1. The summed E-state index contributed by atoms with van der Waals surface area (Å²) < 4.78 is 0. The van der Waals surface area contributed by atoms with Crippen LogP contribution in [-0.2, 0) is 0 Å². The maximum absolute atomic E-state index is 9.39. The Morgan fingerprint density at radius 1 is 1.60 bits per heavy atom. The van der Waals surface area contributed by atoms with Crippen LogP contribution in [0.15, 0.2) is 0 Å². The smallest absolute Gasteiger partial charge is 0.0832 e. The largest absolute Gasteiger partial charge is 0.390 e. The number of aliphatic hydroxyl groups is 1. The minimum Gasteiger partial charge on any atom is -0.390 e. The molecule has 1 saturated heterocycles. The van der Waals surface area contributed by atoms with E-state index in [9.17, 15) is 5.11 Å². The average Bonchev–Trinajstić information content (AvgIpc) is 2.30. The van der Waals surface area contributed by atoms with Gasteiger partial charge in [0.1, 0.15) is 0 Å². The highest BCUT2D eigenvalue weighted by molar-refractivity contribution is 4.87. The minimum atomic E-state index is -0.176. The number of rotatable bonds is 2. The molecule has 0 amide bonds. The Bertz CT molecular complexity index is 108. The van der Waals surface area contributed by atoms with E-state index in [4.69, 9.17) is 0 Å². The van der Waals surface area contributed by atoms with Gasteiger partial charge in [0.05, 0.1) is 6.10 Å². The lowest BCUT2D eigenvalue weighted by Gasteiger charge is -2.11. The van der Waals surface area contributed by atoms with E-state index in [2.05, 4.69) is 17.1 Å². The number of nitrogens with zero attached hydrogens (tertiary/aromatic N) is 1. The molecule has 0 bridgehead atoms. The Kier molecular flexibility index (Phi) is 2.65. The molecule has 3 nitrogen and oxygen atoms in total. The summed E-state index contributed by atoms with van der Waals surface area (Å²) in [6.45, 7) is 4.95. The van der Waals surface area contributed by atoms with Gasteiger partial charge in [0.2, 0.25) is 0 Å². The van der Waals surface area contributed by atoms with E-state index >= 15 is 0 Å². The lowest BCUT2D eigenvalue weighted by molar-refractivity contribution is 0.157. The molecule has 2 unspecified atom stereocenters. The maximum Gasteiger partial charge on any atom is 0.0832 e. The molecule has 1 aliphatic rings. The molecular formula is C7H16N2O. The van der Waals surface area contributed by atoms with E-state index in [0.29, 0.717) is 0 Å². The standard InChI is InChI=1S/C7H16N2O/c1-3-9-4-6(8-2)7(10)5-9/h6-8,10H,3-5H2,1-2H3. The lowest BCUT2D eigenvalue weighted by atomic mass is 10.2. The molecule has 0 spiro atoms. The third kappa shape index (κ3) is 1.48. The number of hydrogen-bond acceptors (Lipinski definition) is 3. The molecule has 0 aliphatic carbocycles. The number of nitrogens with one attached hydrogen (secondary N) is 1. The molecule has 2 atom stereocenters. The second-order valence-electron chi connectivity index (χ2n) is 2.81. The Morgan fingerprint density at radius 3 is 2.60 bits per heavy atom. The molecule has 0 aromatic heterocycles. The molecule has 10 heavy (non-hydrogen) atoms. The highest BCUT2D eigenvalue weighted by Gasteiger charge is 2.28. The zero-order valence-corrected chi connectivity index (χ0v) is 6.67. The van der Waals surface area contributed by atoms with Gasteiger partial charge < -0.3 is 10.4 Å². The van der Waals surface area contributed by atoms with Gasteiger partial charge >= 0.3 is 0 Å². The zero-order chi connectivity index (χ0) is 7.56. The van der Waals surface area contributed by atoms with Gasteiger partial charge in [-0.25, -0.2) is 0 Å². The van der Waals surface area contributed by atoms with Crippen molar-refractivity contribution in [1.29, 1.82) is 0 Å². The Hall–Kier alpha value is -0.120. The predicted molar refractivity (Wildman–Crippen MR) is 41.0 cm³/mol. The Balaban J connectivity index is 2.36. The number of likely N-dealkylation sites (tertiary alicyclic amines) is 1. The molecule has 0 aromatic rings. The van der Waals surface area contributed by atoms with Crippen molar-refractivity contribution >= 4 is 0 Å². The fourth-order valence-corrected chi connectivity index (χ4v) is 1.41. The van der Waals surface area contributed by atoms with Crippen LogP contribution >= 0.6 is 0 Å². The van der Waals surface area contributed by atoms with Crippen LogP contribution in [0.25, 0.3) is 0 Å². The molecule has 1 heterocycles. The van der Waals surface area contributed by atoms with E-state index < -0.39 is 0 Å². The summed E-state index contributed by atoms with van der Waals surface area (Å²) in [5, 5.41) is 12.5. The van der Waals surface area contributed by atoms with E-state index in [1.165, 1.54) is 0 Å². The van der Waals surface area contributed by atoms with Gasteiger partial charge in [0.25, 0.3) is 0 Å². The van der Waals surface area contributed by atoms with Crippen LogP contribution in [0.4, 0.5) is 0 Å². The molecule has 1 aliphatic heterocycles. The van der Waals surface area contributed by atoms with Crippen molar-refractivity contribution in [2.75, 3.05) is 26.7 Å². The first-order valence-corrected chi connectivity index (χ1v) is 3.85. The third-order valence-electron chi connectivity index (χ3n) is 2.18. The van der Waals surface area contributed by atoms with E-state index in [0.717, 1.165) is 19.6 Å². The topological polar surface area (TPSA) is 35.5 Å². The predicted octanol–water partition coefficient (Wildman–Crippen LogP) is -0.729. The van der Waals surface area contributed by atoms with Crippen molar-refractivity contribution in [3.63, 3.8) is 0 Å². The highest BCUT2D eigenvalue weighted by Crippen LogP contribution is 2.08. The normalized spacial score (nSPS) is 35.1. The van der Waals surface area contributed by atoms with Crippen molar-refractivity contribution in [3.8, 4) is 0 Å². The van der Waals surface area contributed by atoms with Crippen LogP contribution in [0, 0.1) is 0 Å². The molecule has 1 rings (SSSR count). The molecule has 0 saturated carbocycles. The first kappa shape index (κ1) is 7.98. The summed E-state index contributed by atoms with van der Waals surface area (Å²) in [7, 11) is 1.90. The maximum atomic E-state index is 9.39. The average molecular weight is 144 g/mol. The third-order valence-corrected chi connectivity index (χ3v) is 2.18.